The van der Waals surface area contributed by atoms with Crippen LogP contribution in [0, 0.1) is 24.1 Å². The zero-order valence-electron chi connectivity index (χ0n) is 14.5. The summed E-state index contributed by atoms with van der Waals surface area (Å²) >= 11 is 0. The van der Waals surface area contributed by atoms with Crippen LogP contribution in [0.3, 0.4) is 0 Å². The van der Waals surface area contributed by atoms with Gasteiger partial charge in [-0.2, -0.15) is 5.26 Å². The van der Waals surface area contributed by atoms with E-state index < -0.39 is 5.82 Å². The zero-order chi connectivity index (χ0) is 18.5. The topological polar surface area (TPSA) is 60.1 Å². The second-order valence-corrected chi connectivity index (χ2v) is 5.84. The monoisotopic (exact) mass is 351 g/mol. The number of imidazole rings is 1. The molecule has 3 rings (SSSR count). The Labute approximate surface area is 151 Å². The number of rotatable bonds is 6. The van der Waals surface area contributed by atoms with Crippen LogP contribution in [0.25, 0.3) is 5.69 Å². The molecule has 5 nitrogen and oxygen atoms in total. The molecule has 0 bridgehead atoms. The maximum absolute atomic E-state index is 13.8. The van der Waals surface area contributed by atoms with Crippen LogP contribution in [0.2, 0.25) is 0 Å². The molecule has 1 heterocycles. The van der Waals surface area contributed by atoms with Crippen LogP contribution in [0.15, 0.2) is 54.9 Å². The fraction of sp³-hybridized carbons (Fsp3) is 0.200. The molecule has 0 spiro atoms. The van der Waals surface area contributed by atoms with E-state index in [0.29, 0.717) is 5.75 Å². The van der Waals surface area contributed by atoms with Gasteiger partial charge in [0.15, 0.2) is 11.6 Å². The summed E-state index contributed by atoms with van der Waals surface area (Å²) in [6, 6.07) is 13.6. The summed E-state index contributed by atoms with van der Waals surface area (Å²) in [7, 11) is 0. The van der Waals surface area contributed by atoms with Crippen molar-refractivity contribution < 1.29 is 13.9 Å². The van der Waals surface area contributed by atoms with Crippen molar-refractivity contribution in [3.05, 3.63) is 72.1 Å². The van der Waals surface area contributed by atoms with Gasteiger partial charge in [-0.05, 0) is 44.2 Å². The third kappa shape index (κ3) is 4.01. The highest BCUT2D eigenvalue weighted by atomic mass is 19.1. The number of ether oxygens (including phenoxy) is 2. The highest BCUT2D eigenvalue weighted by Crippen LogP contribution is 2.21. The van der Waals surface area contributed by atoms with Gasteiger partial charge in [-0.15, -0.1) is 0 Å². The predicted molar refractivity (Wildman–Crippen MR) is 95.0 cm³/mol. The molecule has 0 aliphatic rings. The van der Waals surface area contributed by atoms with Gasteiger partial charge in [0.2, 0.25) is 0 Å². The third-order valence-corrected chi connectivity index (χ3v) is 3.79. The lowest BCUT2D eigenvalue weighted by Gasteiger charge is -2.17. The minimum atomic E-state index is -0.561. The second-order valence-electron chi connectivity index (χ2n) is 5.84. The Hall–Kier alpha value is -3.33. The van der Waals surface area contributed by atoms with E-state index in [1.165, 1.54) is 12.1 Å². The van der Waals surface area contributed by atoms with Crippen molar-refractivity contribution in [3.63, 3.8) is 0 Å². The van der Waals surface area contributed by atoms with Crippen LogP contribution >= 0.6 is 0 Å². The van der Waals surface area contributed by atoms with E-state index in [0.717, 1.165) is 17.6 Å². The van der Waals surface area contributed by atoms with E-state index in [2.05, 4.69) is 4.98 Å². The highest BCUT2D eigenvalue weighted by molar-refractivity contribution is 5.40. The molecule has 132 valence electrons. The number of nitriles is 1. The fourth-order valence-corrected chi connectivity index (χ4v) is 2.52. The summed E-state index contributed by atoms with van der Waals surface area (Å²) in [6.07, 6.45) is 3.34. The maximum Gasteiger partial charge on any atom is 0.166 e. The van der Waals surface area contributed by atoms with Gasteiger partial charge in [-0.3, -0.25) is 0 Å². The smallest absolute Gasteiger partial charge is 0.166 e. The van der Waals surface area contributed by atoms with E-state index >= 15 is 0 Å². The number of nitrogens with zero attached hydrogens (tertiary/aromatic N) is 3. The molecule has 0 aliphatic carbocycles. The number of benzene rings is 2. The molecular weight excluding hydrogens is 333 g/mol. The van der Waals surface area contributed by atoms with Crippen LogP contribution in [-0.2, 0) is 0 Å². The van der Waals surface area contributed by atoms with Gasteiger partial charge in [0.1, 0.15) is 24.3 Å². The Bertz CT molecular complexity index is 946. The molecule has 0 saturated heterocycles. The van der Waals surface area contributed by atoms with Crippen molar-refractivity contribution in [2.24, 2.45) is 0 Å². The van der Waals surface area contributed by atoms with Crippen molar-refractivity contribution in [1.82, 2.24) is 9.55 Å². The molecule has 0 aliphatic heterocycles. The van der Waals surface area contributed by atoms with Crippen LogP contribution in [0.5, 0.6) is 11.5 Å². The summed E-state index contributed by atoms with van der Waals surface area (Å²) in [4.78, 5) is 4.21. The number of aryl methyl sites for hydroxylation is 1. The average Bonchev–Trinajstić information content (AvgIpc) is 3.07. The Morgan fingerprint density at radius 2 is 2.12 bits per heavy atom. The molecule has 0 amide bonds. The molecule has 6 heteroatoms. The van der Waals surface area contributed by atoms with E-state index in [1.807, 2.05) is 54.9 Å². The second kappa shape index (κ2) is 7.70. The number of hydrogen-bond acceptors (Lipinski definition) is 4. The van der Waals surface area contributed by atoms with Gasteiger partial charge >= 0.3 is 0 Å². The molecule has 3 aromatic rings. The predicted octanol–water partition coefficient (Wildman–Crippen LogP) is 4.04. The van der Waals surface area contributed by atoms with Crippen molar-refractivity contribution in [2.45, 2.75) is 20.0 Å². The summed E-state index contributed by atoms with van der Waals surface area (Å²) in [5.41, 5.74) is 1.20. The first-order valence-electron chi connectivity index (χ1n) is 8.16. The summed E-state index contributed by atoms with van der Waals surface area (Å²) in [5, 5.41) is 8.76. The van der Waals surface area contributed by atoms with E-state index in [4.69, 9.17) is 14.7 Å². The number of halogens is 1. The zero-order valence-corrected chi connectivity index (χ0v) is 14.5. The molecule has 0 saturated carbocycles. The molecule has 2 aromatic carbocycles. The van der Waals surface area contributed by atoms with Crippen LogP contribution in [0.1, 0.15) is 18.3 Å². The van der Waals surface area contributed by atoms with Gasteiger partial charge in [0.25, 0.3) is 0 Å². The number of aromatic nitrogens is 2. The number of hydrogen-bond donors (Lipinski definition) is 0. The van der Waals surface area contributed by atoms with Crippen molar-refractivity contribution in [3.8, 4) is 23.3 Å². The lowest BCUT2D eigenvalue weighted by Crippen LogP contribution is -2.21. The summed E-state index contributed by atoms with van der Waals surface area (Å²) in [5.74, 6) is 1.11. The lowest BCUT2D eigenvalue weighted by molar-refractivity contribution is 0.140. The minimum absolute atomic E-state index is 0.0993. The molecule has 1 aromatic heterocycles. The van der Waals surface area contributed by atoms with Crippen molar-refractivity contribution >= 4 is 0 Å². The molecular formula is C20H18FN3O2. The SMILES string of the molecule is Cc1nccn1-c1cccc(OC(C)COc2ccc(C#N)cc2F)c1. The molecule has 0 radical (unpaired) electrons. The third-order valence-electron chi connectivity index (χ3n) is 3.79. The van der Waals surface area contributed by atoms with Gasteiger partial charge in [0.05, 0.1) is 17.3 Å². The van der Waals surface area contributed by atoms with E-state index in [1.54, 1.807) is 6.20 Å². The minimum Gasteiger partial charge on any atom is -0.487 e. The van der Waals surface area contributed by atoms with Gasteiger partial charge in [0, 0.05) is 18.5 Å². The van der Waals surface area contributed by atoms with E-state index in [9.17, 15) is 4.39 Å². The fourth-order valence-electron chi connectivity index (χ4n) is 2.52. The van der Waals surface area contributed by atoms with Crippen LogP contribution in [-0.4, -0.2) is 22.3 Å². The molecule has 26 heavy (non-hydrogen) atoms. The first kappa shape index (κ1) is 17.5. The van der Waals surface area contributed by atoms with Gasteiger partial charge in [-0.25, -0.2) is 9.37 Å². The maximum atomic E-state index is 13.8. The highest BCUT2D eigenvalue weighted by Gasteiger charge is 2.10. The first-order valence-corrected chi connectivity index (χ1v) is 8.16. The standard InChI is InChI=1S/C20H18FN3O2/c1-14(13-25-20-7-6-16(12-22)10-19(20)21)26-18-5-3-4-17(11-18)24-9-8-23-15(24)2/h3-11,14H,13H2,1-2H3. The Kier molecular flexibility index (Phi) is 5.18. The molecule has 0 N–H and O–H groups in total. The normalized spacial score (nSPS) is 11.6. The Balaban J connectivity index is 1.63. The summed E-state index contributed by atoms with van der Waals surface area (Å²) in [6.45, 7) is 3.95. The quantitative estimate of drug-likeness (QED) is 0.672. The van der Waals surface area contributed by atoms with E-state index in [-0.39, 0.29) is 24.0 Å². The van der Waals surface area contributed by atoms with Crippen molar-refractivity contribution in [2.75, 3.05) is 6.61 Å². The molecule has 1 atom stereocenters. The Morgan fingerprint density at radius 3 is 2.81 bits per heavy atom. The largest absolute Gasteiger partial charge is 0.487 e. The lowest BCUT2D eigenvalue weighted by atomic mass is 10.2. The van der Waals surface area contributed by atoms with Crippen molar-refractivity contribution in [1.29, 1.82) is 5.26 Å². The van der Waals surface area contributed by atoms with Crippen LogP contribution in [0.4, 0.5) is 4.39 Å². The average molecular weight is 351 g/mol. The Morgan fingerprint density at radius 1 is 1.27 bits per heavy atom. The summed E-state index contributed by atoms with van der Waals surface area (Å²) < 4.78 is 27.1. The van der Waals surface area contributed by atoms with Crippen LogP contribution < -0.4 is 9.47 Å². The van der Waals surface area contributed by atoms with Gasteiger partial charge < -0.3 is 14.0 Å². The molecule has 1 unspecified atom stereocenters. The first-order chi connectivity index (χ1) is 12.6. The van der Waals surface area contributed by atoms with Gasteiger partial charge in [-0.1, -0.05) is 6.07 Å². The molecule has 0 fully saturated rings.